The van der Waals surface area contributed by atoms with Gasteiger partial charge in [-0.2, -0.15) is 10.1 Å². The summed E-state index contributed by atoms with van der Waals surface area (Å²) in [6.07, 6.45) is 1.57. The largest absolute Gasteiger partial charge is 0.369 e. The van der Waals surface area contributed by atoms with Gasteiger partial charge >= 0.3 is 0 Å². The molecule has 0 saturated heterocycles. The Kier molecular flexibility index (Phi) is 2.59. The molecular weight excluding hydrogens is 168 g/mol. The van der Waals surface area contributed by atoms with Crippen LogP contribution in [0.3, 0.4) is 0 Å². The Morgan fingerprint density at radius 2 is 2.23 bits per heavy atom. The van der Waals surface area contributed by atoms with Gasteiger partial charge in [-0.25, -0.2) is 4.99 Å². The Morgan fingerprint density at radius 1 is 1.54 bits per heavy atom. The summed E-state index contributed by atoms with van der Waals surface area (Å²) < 4.78 is 0. The summed E-state index contributed by atoms with van der Waals surface area (Å²) in [6, 6.07) is 1.91. The van der Waals surface area contributed by atoms with Crippen LogP contribution in [0.2, 0.25) is 0 Å². The SMILES string of the molecule is CN(C)C=Nc1nn(C)nc1C#N. The number of nitrogens with zero attached hydrogens (tertiary/aromatic N) is 6. The topological polar surface area (TPSA) is 70.1 Å². The molecule has 0 aliphatic carbocycles. The molecule has 0 bridgehead atoms. The first-order valence-corrected chi connectivity index (χ1v) is 3.65. The number of rotatable bonds is 2. The van der Waals surface area contributed by atoms with Crippen LogP contribution in [0.15, 0.2) is 4.99 Å². The fourth-order valence-electron chi connectivity index (χ4n) is 0.726. The predicted molar refractivity (Wildman–Crippen MR) is 47.6 cm³/mol. The quantitative estimate of drug-likeness (QED) is 0.468. The molecule has 0 aliphatic heterocycles. The van der Waals surface area contributed by atoms with E-state index < -0.39 is 0 Å². The molecule has 0 aromatic carbocycles. The Balaban J connectivity index is 2.95. The van der Waals surface area contributed by atoms with Gasteiger partial charge in [-0.3, -0.25) is 0 Å². The minimum Gasteiger partial charge on any atom is -0.369 e. The van der Waals surface area contributed by atoms with Crippen LogP contribution < -0.4 is 0 Å². The van der Waals surface area contributed by atoms with Crippen molar-refractivity contribution in [3.8, 4) is 6.07 Å². The first kappa shape index (κ1) is 9.19. The molecule has 68 valence electrons. The maximum absolute atomic E-state index is 8.64. The van der Waals surface area contributed by atoms with Gasteiger partial charge in [0, 0.05) is 21.1 Å². The fourth-order valence-corrected chi connectivity index (χ4v) is 0.726. The molecular formula is C7H10N6. The van der Waals surface area contributed by atoms with Gasteiger partial charge in [0.05, 0.1) is 6.34 Å². The van der Waals surface area contributed by atoms with Crippen LogP contribution in [0, 0.1) is 11.3 Å². The minimum absolute atomic E-state index is 0.237. The molecule has 13 heavy (non-hydrogen) atoms. The van der Waals surface area contributed by atoms with E-state index in [0.717, 1.165) is 0 Å². The first-order chi connectivity index (χ1) is 6.13. The second kappa shape index (κ2) is 3.67. The average Bonchev–Trinajstić information content (AvgIpc) is 2.42. The van der Waals surface area contributed by atoms with Crippen LogP contribution in [0.5, 0.6) is 0 Å². The lowest BCUT2D eigenvalue weighted by molar-refractivity contribution is 0.639. The van der Waals surface area contributed by atoms with Crippen molar-refractivity contribution in [3.63, 3.8) is 0 Å². The normalized spacial score (nSPS) is 10.3. The fraction of sp³-hybridized carbons (Fsp3) is 0.429. The molecule has 6 nitrogen and oxygen atoms in total. The van der Waals surface area contributed by atoms with Gasteiger partial charge in [-0.05, 0) is 0 Å². The highest BCUT2D eigenvalue weighted by Crippen LogP contribution is 2.10. The summed E-state index contributed by atoms with van der Waals surface area (Å²) in [5.74, 6) is 0.346. The molecule has 0 atom stereocenters. The Hall–Kier alpha value is -1.90. The number of hydrogen-bond donors (Lipinski definition) is 0. The van der Waals surface area contributed by atoms with E-state index in [1.807, 2.05) is 20.2 Å². The highest BCUT2D eigenvalue weighted by Gasteiger charge is 2.05. The maximum atomic E-state index is 8.64. The number of aryl methyl sites for hydroxylation is 1. The van der Waals surface area contributed by atoms with E-state index in [1.165, 1.54) is 4.80 Å². The molecule has 1 heterocycles. The zero-order valence-electron chi connectivity index (χ0n) is 7.76. The van der Waals surface area contributed by atoms with Gasteiger partial charge in [0.1, 0.15) is 6.07 Å². The van der Waals surface area contributed by atoms with E-state index in [-0.39, 0.29) is 5.69 Å². The van der Waals surface area contributed by atoms with Gasteiger partial charge in [0.2, 0.25) is 11.5 Å². The molecule has 0 amide bonds. The third kappa shape index (κ3) is 2.27. The first-order valence-electron chi connectivity index (χ1n) is 3.65. The Labute approximate surface area is 76.1 Å². The Bertz CT molecular complexity index is 356. The van der Waals surface area contributed by atoms with Crippen LogP contribution >= 0.6 is 0 Å². The number of hydrogen-bond acceptors (Lipinski definition) is 4. The summed E-state index contributed by atoms with van der Waals surface area (Å²) >= 11 is 0. The lowest BCUT2D eigenvalue weighted by Gasteiger charge is -1.99. The summed E-state index contributed by atoms with van der Waals surface area (Å²) in [5.41, 5.74) is 0.237. The van der Waals surface area contributed by atoms with Crippen LogP contribution in [-0.2, 0) is 7.05 Å². The van der Waals surface area contributed by atoms with Gasteiger partial charge in [-0.15, -0.1) is 10.2 Å². The maximum Gasteiger partial charge on any atom is 0.214 e. The van der Waals surface area contributed by atoms with Crippen molar-refractivity contribution in [2.75, 3.05) is 14.1 Å². The minimum atomic E-state index is 0.237. The molecule has 0 aliphatic rings. The zero-order chi connectivity index (χ0) is 9.84. The summed E-state index contributed by atoms with van der Waals surface area (Å²) in [7, 11) is 5.33. The molecule has 0 fully saturated rings. The molecule has 0 saturated carbocycles. The standard InChI is InChI=1S/C7H10N6/c1-12(2)5-9-7-6(4-8)10-13(3)11-7/h5H,1-3H3. The van der Waals surface area contributed by atoms with Crippen LogP contribution in [0.25, 0.3) is 0 Å². The molecule has 0 spiro atoms. The second-order valence-electron chi connectivity index (χ2n) is 2.68. The molecule has 1 aromatic heterocycles. The highest BCUT2D eigenvalue weighted by atomic mass is 15.5. The number of aromatic nitrogens is 3. The van der Waals surface area contributed by atoms with E-state index in [2.05, 4.69) is 15.2 Å². The van der Waals surface area contributed by atoms with E-state index in [4.69, 9.17) is 5.26 Å². The highest BCUT2D eigenvalue weighted by molar-refractivity contribution is 5.60. The van der Waals surface area contributed by atoms with Crippen molar-refractivity contribution in [1.82, 2.24) is 19.9 Å². The monoisotopic (exact) mass is 178 g/mol. The molecule has 0 N–H and O–H groups in total. The van der Waals surface area contributed by atoms with Crippen LogP contribution in [-0.4, -0.2) is 40.3 Å². The van der Waals surface area contributed by atoms with Crippen molar-refractivity contribution in [1.29, 1.82) is 5.26 Å². The van der Waals surface area contributed by atoms with Crippen LogP contribution in [0.4, 0.5) is 5.82 Å². The summed E-state index contributed by atoms with van der Waals surface area (Å²) in [4.78, 5) is 7.06. The van der Waals surface area contributed by atoms with Crippen molar-refractivity contribution in [2.45, 2.75) is 0 Å². The van der Waals surface area contributed by atoms with Crippen molar-refractivity contribution in [2.24, 2.45) is 12.0 Å². The van der Waals surface area contributed by atoms with Gasteiger partial charge in [0.25, 0.3) is 0 Å². The third-order valence-corrected chi connectivity index (χ3v) is 1.21. The smallest absolute Gasteiger partial charge is 0.214 e. The van der Waals surface area contributed by atoms with E-state index in [9.17, 15) is 0 Å². The van der Waals surface area contributed by atoms with Crippen molar-refractivity contribution >= 4 is 12.2 Å². The molecule has 1 aromatic rings. The lowest BCUT2D eigenvalue weighted by atomic mass is 10.5. The number of aliphatic imine (C=N–C) groups is 1. The molecule has 0 unspecified atom stereocenters. The van der Waals surface area contributed by atoms with Gasteiger partial charge < -0.3 is 4.90 Å². The van der Waals surface area contributed by atoms with Crippen LogP contribution in [0.1, 0.15) is 5.69 Å². The third-order valence-electron chi connectivity index (χ3n) is 1.21. The summed E-state index contributed by atoms with van der Waals surface area (Å²) in [5, 5.41) is 16.4. The Morgan fingerprint density at radius 3 is 2.77 bits per heavy atom. The summed E-state index contributed by atoms with van der Waals surface area (Å²) in [6.45, 7) is 0. The zero-order valence-corrected chi connectivity index (χ0v) is 7.76. The molecule has 1 rings (SSSR count). The molecule has 0 radical (unpaired) electrons. The molecule has 6 heteroatoms. The predicted octanol–water partition coefficient (Wildman–Crippen LogP) is -0.0918. The van der Waals surface area contributed by atoms with Crippen molar-refractivity contribution in [3.05, 3.63) is 5.69 Å². The van der Waals surface area contributed by atoms with Gasteiger partial charge in [0.15, 0.2) is 0 Å². The lowest BCUT2D eigenvalue weighted by Crippen LogP contribution is -2.07. The van der Waals surface area contributed by atoms with Crippen molar-refractivity contribution < 1.29 is 0 Å². The average molecular weight is 178 g/mol. The number of nitriles is 1. The van der Waals surface area contributed by atoms with E-state index >= 15 is 0 Å². The van der Waals surface area contributed by atoms with Gasteiger partial charge in [-0.1, -0.05) is 0 Å². The second-order valence-corrected chi connectivity index (χ2v) is 2.68. The van der Waals surface area contributed by atoms with E-state index in [0.29, 0.717) is 5.82 Å². The van der Waals surface area contributed by atoms with E-state index in [1.54, 1.807) is 18.3 Å².